The first-order valence-electron chi connectivity index (χ1n) is 3.18. The Balaban J connectivity index is 3.19. The molecule has 0 saturated carbocycles. The van der Waals surface area contributed by atoms with Gasteiger partial charge in [-0.2, -0.15) is 5.26 Å². The highest BCUT2D eigenvalue weighted by Gasteiger charge is 2.01. The van der Waals surface area contributed by atoms with Crippen LogP contribution < -0.4 is 10.2 Å². The first-order chi connectivity index (χ1) is 5.27. The Labute approximate surface area is 66.0 Å². The molecule has 4 heteroatoms. The highest BCUT2D eigenvalue weighted by Crippen LogP contribution is 2.09. The fourth-order valence-corrected chi connectivity index (χ4v) is 0.799. The molecule has 0 saturated heterocycles. The van der Waals surface area contributed by atoms with E-state index in [9.17, 15) is 0 Å². The average Bonchev–Trinajstić information content (AvgIpc) is 2.04. The van der Waals surface area contributed by atoms with Gasteiger partial charge in [0.1, 0.15) is 19.5 Å². The van der Waals surface area contributed by atoms with Crippen LogP contribution in [0.1, 0.15) is 5.56 Å². The zero-order chi connectivity index (χ0) is 8.27. The molecular formula is C7H7BN2O. The van der Waals surface area contributed by atoms with Crippen LogP contribution in [0.3, 0.4) is 0 Å². The molecule has 0 atom stereocenters. The number of methoxy groups -OCH3 is 1. The van der Waals surface area contributed by atoms with Crippen LogP contribution in [0.15, 0.2) is 12.3 Å². The van der Waals surface area contributed by atoms with Gasteiger partial charge >= 0.3 is 0 Å². The minimum Gasteiger partial charge on any atom is -0.480 e. The van der Waals surface area contributed by atoms with E-state index in [0.717, 1.165) is 5.46 Å². The highest BCUT2D eigenvalue weighted by molar-refractivity contribution is 6.32. The van der Waals surface area contributed by atoms with Gasteiger partial charge in [0.15, 0.2) is 0 Å². The van der Waals surface area contributed by atoms with Crippen LogP contribution in [-0.2, 0) is 0 Å². The number of hydrogen-bond acceptors (Lipinski definition) is 3. The Morgan fingerprint density at radius 1 is 1.73 bits per heavy atom. The van der Waals surface area contributed by atoms with E-state index >= 15 is 0 Å². The second-order valence-electron chi connectivity index (χ2n) is 2.18. The molecule has 1 heterocycles. The summed E-state index contributed by atoms with van der Waals surface area (Å²) in [7, 11) is 3.38. The summed E-state index contributed by atoms with van der Waals surface area (Å²) < 4.78 is 4.86. The number of hydrogen-bond donors (Lipinski definition) is 0. The van der Waals surface area contributed by atoms with Crippen molar-refractivity contribution in [3.8, 4) is 11.9 Å². The summed E-state index contributed by atoms with van der Waals surface area (Å²) in [4.78, 5) is 3.92. The lowest BCUT2D eigenvalue weighted by atomic mass is 9.97. The molecule has 0 aromatic carbocycles. The third-order valence-corrected chi connectivity index (χ3v) is 1.30. The number of rotatable bonds is 1. The summed E-state index contributed by atoms with van der Waals surface area (Å²) in [6.07, 6.45) is 1.67. The van der Waals surface area contributed by atoms with Crippen molar-refractivity contribution in [3.63, 3.8) is 0 Å². The summed E-state index contributed by atoms with van der Waals surface area (Å²) in [5.41, 5.74) is 1.44. The normalized spacial score (nSPS) is 8.73. The molecule has 0 amide bonds. The minimum atomic E-state index is 0.387. The van der Waals surface area contributed by atoms with Crippen LogP contribution in [0.2, 0.25) is 0 Å². The Bertz CT molecular complexity index is 306. The number of nitriles is 1. The quantitative estimate of drug-likeness (QED) is 0.488. The van der Waals surface area contributed by atoms with Gasteiger partial charge in [0.2, 0.25) is 5.88 Å². The maximum atomic E-state index is 8.60. The fraction of sp³-hybridized carbons (Fsp3) is 0.143. The van der Waals surface area contributed by atoms with Crippen LogP contribution in [0.5, 0.6) is 5.88 Å². The minimum absolute atomic E-state index is 0.387. The third-order valence-electron chi connectivity index (χ3n) is 1.30. The standard InChI is InChI=1S/C7H7BN2O/c1-11-7-5(3-9)2-6(8)4-10-7/h2,4H,8H2,1H3. The maximum absolute atomic E-state index is 8.60. The van der Waals surface area contributed by atoms with Gasteiger partial charge in [0.25, 0.3) is 0 Å². The van der Waals surface area contributed by atoms with Crippen LogP contribution in [-0.4, -0.2) is 19.9 Å². The lowest BCUT2D eigenvalue weighted by molar-refractivity contribution is 0.396. The molecule has 0 aliphatic carbocycles. The van der Waals surface area contributed by atoms with Crippen molar-refractivity contribution in [1.82, 2.24) is 4.98 Å². The van der Waals surface area contributed by atoms with E-state index in [0.29, 0.717) is 11.4 Å². The molecule has 1 aromatic heterocycles. The summed E-state index contributed by atoms with van der Waals surface area (Å²) in [5, 5.41) is 8.60. The topological polar surface area (TPSA) is 45.9 Å². The Morgan fingerprint density at radius 3 is 3.00 bits per heavy atom. The van der Waals surface area contributed by atoms with Crippen molar-refractivity contribution in [2.45, 2.75) is 0 Å². The number of aromatic nitrogens is 1. The van der Waals surface area contributed by atoms with Crippen molar-refractivity contribution in [3.05, 3.63) is 17.8 Å². The van der Waals surface area contributed by atoms with Gasteiger partial charge in [0, 0.05) is 6.20 Å². The first-order valence-corrected chi connectivity index (χ1v) is 3.18. The van der Waals surface area contributed by atoms with Crippen molar-refractivity contribution < 1.29 is 4.74 Å². The van der Waals surface area contributed by atoms with E-state index in [4.69, 9.17) is 10.00 Å². The van der Waals surface area contributed by atoms with E-state index < -0.39 is 0 Å². The molecule has 0 aliphatic rings. The van der Waals surface area contributed by atoms with Gasteiger partial charge in [-0.1, -0.05) is 5.46 Å². The maximum Gasteiger partial charge on any atom is 0.231 e. The zero-order valence-electron chi connectivity index (χ0n) is 6.46. The summed E-state index contributed by atoms with van der Waals surface area (Å²) in [5.74, 6) is 0.387. The summed E-state index contributed by atoms with van der Waals surface area (Å²) >= 11 is 0. The second-order valence-corrected chi connectivity index (χ2v) is 2.18. The average molecular weight is 146 g/mol. The van der Waals surface area contributed by atoms with E-state index in [1.165, 1.54) is 7.11 Å². The lowest BCUT2D eigenvalue weighted by Crippen LogP contribution is -2.05. The molecule has 0 N–H and O–H groups in total. The molecule has 0 radical (unpaired) electrons. The zero-order valence-corrected chi connectivity index (χ0v) is 6.46. The van der Waals surface area contributed by atoms with Crippen molar-refractivity contribution in [2.75, 3.05) is 7.11 Å². The fourth-order valence-electron chi connectivity index (χ4n) is 0.799. The molecule has 11 heavy (non-hydrogen) atoms. The predicted octanol–water partition coefficient (Wildman–Crippen LogP) is -0.780. The van der Waals surface area contributed by atoms with Gasteiger partial charge in [-0.05, 0) is 6.07 Å². The summed E-state index contributed by atoms with van der Waals surface area (Å²) in [6.45, 7) is 0. The van der Waals surface area contributed by atoms with Crippen LogP contribution in [0.25, 0.3) is 0 Å². The van der Waals surface area contributed by atoms with Crippen molar-refractivity contribution >= 4 is 13.3 Å². The van der Waals surface area contributed by atoms with E-state index in [2.05, 4.69) is 4.98 Å². The van der Waals surface area contributed by atoms with E-state index in [-0.39, 0.29) is 0 Å². The molecule has 0 aliphatic heterocycles. The van der Waals surface area contributed by atoms with Crippen LogP contribution in [0.4, 0.5) is 0 Å². The Hall–Kier alpha value is -1.50. The SMILES string of the molecule is Bc1cnc(OC)c(C#N)c1. The van der Waals surface area contributed by atoms with E-state index in [1.54, 1.807) is 12.3 Å². The number of nitrogens with zero attached hydrogens (tertiary/aromatic N) is 2. The molecule has 0 bridgehead atoms. The van der Waals surface area contributed by atoms with Gasteiger partial charge in [-0.3, -0.25) is 0 Å². The second kappa shape index (κ2) is 3.06. The predicted molar refractivity (Wildman–Crippen MR) is 43.7 cm³/mol. The molecule has 0 spiro atoms. The first kappa shape index (κ1) is 7.61. The van der Waals surface area contributed by atoms with Gasteiger partial charge in [-0.25, -0.2) is 4.98 Å². The molecule has 0 unspecified atom stereocenters. The van der Waals surface area contributed by atoms with Gasteiger partial charge < -0.3 is 4.74 Å². The van der Waals surface area contributed by atoms with Crippen LogP contribution >= 0.6 is 0 Å². The molecule has 54 valence electrons. The highest BCUT2D eigenvalue weighted by atomic mass is 16.5. The molecule has 3 nitrogen and oxygen atoms in total. The molecule has 1 rings (SSSR count). The molecule has 1 aromatic rings. The van der Waals surface area contributed by atoms with Crippen LogP contribution in [0, 0.1) is 11.3 Å². The monoisotopic (exact) mass is 146 g/mol. The van der Waals surface area contributed by atoms with E-state index in [1.807, 2.05) is 13.9 Å². The number of ether oxygens (including phenoxy) is 1. The molecular weight excluding hydrogens is 139 g/mol. The lowest BCUT2D eigenvalue weighted by Gasteiger charge is -2.00. The molecule has 0 fully saturated rings. The third kappa shape index (κ3) is 1.50. The van der Waals surface area contributed by atoms with Gasteiger partial charge in [-0.15, -0.1) is 0 Å². The smallest absolute Gasteiger partial charge is 0.231 e. The van der Waals surface area contributed by atoms with Crippen molar-refractivity contribution in [2.24, 2.45) is 0 Å². The van der Waals surface area contributed by atoms with Gasteiger partial charge in [0.05, 0.1) is 7.11 Å². The Kier molecular flexibility index (Phi) is 2.12. The number of pyridine rings is 1. The Morgan fingerprint density at radius 2 is 2.45 bits per heavy atom. The van der Waals surface area contributed by atoms with Crippen molar-refractivity contribution in [1.29, 1.82) is 5.26 Å². The largest absolute Gasteiger partial charge is 0.480 e. The summed E-state index contributed by atoms with van der Waals surface area (Å²) in [6, 6.07) is 3.74.